The number of aromatic nitrogens is 1. The predicted octanol–water partition coefficient (Wildman–Crippen LogP) is 2.62. The number of pyridine rings is 1. The van der Waals surface area contributed by atoms with Gasteiger partial charge in [-0.2, -0.15) is 0 Å². The van der Waals surface area contributed by atoms with Gasteiger partial charge in [-0.15, -0.1) is 0 Å². The van der Waals surface area contributed by atoms with Gasteiger partial charge >= 0.3 is 0 Å². The highest BCUT2D eigenvalue weighted by molar-refractivity contribution is 6.30. The van der Waals surface area contributed by atoms with Crippen LogP contribution in [0.4, 0.5) is 0 Å². The van der Waals surface area contributed by atoms with Gasteiger partial charge in [-0.1, -0.05) is 11.6 Å². The first-order chi connectivity index (χ1) is 10.7. The van der Waals surface area contributed by atoms with Crippen molar-refractivity contribution in [3.63, 3.8) is 0 Å². The molecular weight excluding hydrogens is 302 g/mol. The minimum absolute atomic E-state index is 0.166. The van der Waals surface area contributed by atoms with Crippen molar-refractivity contribution < 1.29 is 9.21 Å². The lowest BCUT2D eigenvalue weighted by Crippen LogP contribution is -2.42. The summed E-state index contributed by atoms with van der Waals surface area (Å²) in [5, 5.41) is 7.10. The summed E-state index contributed by atoms with van der Waals surface area (Å²) < 4.78 is 5.65. The second-order valence-corrected chi connectivity index (χ2v) is 6.36. The van der Waals surface area contributed by atoms with Crippen molar-refractivity contribution in [3.8, 4) is 11.3 Å². The summed E-state index contributed by atoms with van der Waals surface area (Å²) in [5.41, 5.74) is 0.758. The zero-order valence-corrected chi connectivity index (χ0v) is 12.6. The van der Waals surface area contributed by atoms with E-state index in [2.05, 4.69) is 15.6 Å². The molecule has 2 fully saturated rings. The maximum atomic E-state index is 12.3. The van der Waals surface area contributed by atoms with E-state index in [-0.39, 0.29) is 11.9 Å². The van der Waals surface area contributed by atoms with Gasteiger partial charge in [0.15, 0.2) is 5.76 Å². The molecule has 2 aliphatic heterocycles. The van der Waals surface area contributed by atoms with Crippen molar-refractivity contribution in [1.82, 2.24) is 15.6 Å². The Labute approximate surface area is 133 Å². The quantitative estimate of drug-likeness (QED) is 0.913. The zero-order chi connectivity index (χ0) is 15.1. The molecule has 6 heteroatoms. The van der Waals surface area contributed by atoms with E-state index in [9.17, 15) is 4.79 Å². The number of hydrogen-bond acceptors (Lipinski definition) is 4. The first kappa shape index (κ1) is 13.8. The molecule has 5 nitrogen and oxygen atoms in total. The second-order valence-electron chi connectivity index (χ2n) is 5.92. The van der Waals surface area contributed by atoms with Crippen LogP contribution in [-0.4, -0.2) is 29.0 Å². The molecule has 22 heavy (non-hydrogen) atoms. The van der Waals surface area contributed by atoms with Crippen LogP contribution in [0.3, 0.4) is 0 Å². The summed E-state index contributed by atoms with van der Waals surface area (Å²) in [7, 11) is 0. The number of fused-ring (bicyclic) bond motifs is 2. The number of amides is 1. The van der Waals surface area contributed by atoms with E-state index in [1.54, 1.807) is 30.6 Å². The Morgan fingerprint density at radius 2 is 2.27 bits per heavy atom. The van der Waals surface area contributed by atoms with Gasteiger partial charge in [0.1, 0.15) is 5.76 Å². The molecular formula is C16H16ClN3O2. The summed E-state index contributed by atoms with van der Waals surface area (Å²) in [4.78, 5) is 16.3. The van der Waals surface area contributed by atoms with Gasteiger partial charge in [0.05, 0.1) is 5.02 Å². The van der Waals surface area contributed by atoms with E-state index in [1.165, 1.54) is 6.42 Å². The van der Waals surface area contributed by atoms with Crippen molar-refractivity contribution in [2.45, 2.75) is 37.4 Å². The fourth-order valence-electron chi connectivity index (χ4n) is 3.38. The molecule has 2 aromatic rings. The van der Waals surface area contributed by atoms with E-state index in [4.69, 9.17) is 16.0 Å². The topological polar surface area (TPSA) is 67.2 Å². The van der Waals surface area contributed by atoms with Crippen LogP contribution in [0, 0.1) is 0 Å². The lowest BCUT2D eigenvalue weighted by molar-refractivity contribution is 0.0903. The number of rotatable bonds is 3. The summed E-state index contributed by atoms with van der Waals surface area (Å²) >= 11 is 5.92. The molecule has 4 rings (SSSR count). The van der Waals surface area contributed by atoms with Gasteiger partial charge in [-0.25, -0.2) is 0 Å². The highest BCUT2D eigenvalue weighted by atomic mass is 35.5. The standard InChI is InChI=1S/C16H16ClN3O2/c17-10-5-9(7-18-8-10)14-3-4-15(22-14)16(21)20-13-6-11-1-2-12(13)19-11/h3-5,7-8,11-13,19H,1-2,6H2,(H,20,21). The molecule has 0 aromatic carbocycles. The first-order valence-corrected chi connectivity index (χ1v) is 7.84. The van der Waals surface area contributed by atoms with Crippen LogP contribution in [0.2, 0.25) is 5.02 Å². The molecule has 114 valence electrons. The van der Waals surface area contributed by atoms with E-state index in [0.717, 1.165) is 18.4 Å². The second kappa shape index (κ2) is 5.41. The molecule has 2 aromatic heterocycles. The average Bonchev–Trinajstić information content (AvgIpc) is 3.23. The average molecular weight is 318 g/mol. The molecule has 0 radical (unpaired) electrons. The summed E-state index contributed by atoms with van der Waals surface area (Å²) in [6.07, 6.45) is 6.56. The van der Waals surface area contributed by atoms with E-state index in [0.29, 0.717) is 28.6 Å². The number of hydrogen-bond donors (Lipinski definition) is 2. The number of nitrogens with zero attached hydrogens (tertiary/aromatic N) is 1. The van der Waals surface area contributed by atoms with Gasteiger partial charge in [0, 0.05) is 36.1 Å². The highest BCUT2D eigenvalue weighted by Crippen LogP contribution is 2.29. The Morgan fingerprint density at radius 3 is 3.00 bits per heavy atom. The molecule has 0 saturated carbocycles. The van der Waals surface area contributed by atoms with E-state index >= 15 is 0 Å². The molecule has 2 aliphatic rings. The molecule has 1 amide bonds. The summed E-state index contributed by atoms with van der Waals surface area (Å²) in [5.74, 6) is 0.740. The van der Waals surface area contributed by atoms with Crippen LogP contribution in [0.1, 0.15) is 29.8 Å². The fraction of sp³-hybridized carbons (Fsp3) is 0.375. The molecule has 2 bridgehead atoms. The smallest absolute Gasteiger partial charge is 0.287 e. The van der Waals surface area contributed by atoms with Crippen LogP contribution >= 0.6 is 11.6 Å². The molecule has 0 aliphatic carbocycles. The number of halogens is 1. The number of furan rings is 1. The molecule has 4 heterocycles. The SMILES string of the molecule is O=C(NC1CC2CCC1N2)c1ccc(-c2cncc(Cl)c2)o1. The number of nitrogens with one attached hydrogen (secondary N) is 2. The minimum Gasteiger partial charge on any atom is -0.451 e. The van der Waals surface area contributed by atoms with Crippen molar-refractivity contribution in [2.75, 3.05) is 0 Å². The minimum atomic E-state index is -0.166. The predicted molar refractivity (Wildman–Crippen MR) is 82.8 cm³/mol. The van der Waals surface area contributed by atoms with Crippen molar-refractivity contribution >= 4 is 17.5 Å². The number of carbonyl (C=O) groups is 1. The summed E-state index contributed by atoms with van der Waals surface area (Å²) in [6, 6.07) is 6.37. The van der Waals surface area contributed by atoms with Gasteiger partial charge in [-0.3, -0.25) is 9.78 Å². The Hall–Kier alpha value is -1.85. The number of carbonyl (C=O) groups excluding carboxylic acids is 1. The lowest BCUT2D eigenvalue weighted by Gasteiger charge is -2.20. The van der Waals surface area contributed by atoms with Gasteiger partial charge < -0.3 is 15.1 Å². The van der Waals surface area contributed by atoms with Crippen LogP contribution in [0.15, 0.2) is 35.0 Å². The monoisotopic (exact) mass is 317 g/mol. The largest absolute Gasteiger partial charge is 0.451 e. The Morgan fingerprint density at radius 1 is 1.36 bits per heavy atom. The van der Waals surface area contributed by atoms with Crippen LogP contribution in [-0.2, 0) is 0 Å². The van der Waals surface area contributed by atoms with Gasteiger partial charge in [0.25, 0.3) is 5.91 Å². The fourth-order valence-corrected chi connectivity index (χ4v) is 3.56. The molecule has 0 spiro atoms. The molecule has 3 atom stereocenters. The highest BCUT2D eigenvalue weighted by Gasteiger charge is 2.39. The Balaban J connectivity index is 1.48. The van der Waals surface area contributed by atoms with E-state index in [1.807, 2.05) is 0 Å². The van der Waals surface area contributed by atoms with E-state index < -0.39 is 0 Å². The van der Waals surface area contributed by atoms with Gasteiger partial charge in [-0.05, 0) is 37.5 Å². The Bertz CT molecular complexity index is 715. The third-order valence-corrected chi connectivity index (χ3v) is 4.64. The van der Waals surface area contributed by atoms with Crippen molar-refractivity contribution in [2.24, 2.45) is 0 Å². The summed E-state index contributed by atoms with van der Waals surface area (Å²) in [6.45, 7) is 0. The normalized spacial score (nSPS) is 26.3. The lowest BCUT2D eigenvalue weighted by atomic mass is 9.95. The Kier molecular flexibility index (Phi) is 3.39. The third kappa shape index (κ3) is 2.51. The maximum Gasteiger partial charge on any atom is 0.287 e. The first-order valence-electron chi connectivity index (χ1n) is 7.47. The van der Waals surface area contributed by atoms with Crippen molar-refractivity contribution in [1.29, 1.82) is 0 Å². The van der Waals surface area contributed by atoms with Crippen molar-refractivity contribution in [3.05, 3.63) is 41.4 Å². The van der Waals surface area contributed by atoms with Crippen LogP contribution in [0.5, 0.6) is 0 Å². The third-order valence-electron chi connectivity index (χ3n) is 4.44. The zero-order valence-electron chi connectivity index (χ0n) is 11.9. The molecule has 3 unspecified atom stereocenters. The van der Waals surface area contributed by atoms with Gasteiger partial charge in [0.2, 0.25) is 0 Å². The van der Waals surface area contributed by atoms with Crippen LogP contribution in [0.25, 0.3) is 11.3 Å². The molecule has 2 N–H and O–H groups in total. The maximum absolute atomic E-state index is 12.3. The molecule has 2 saturated heterocycles. The van der Waals surface area contributed by atoms with Crippen LogP contribution < -0.4 is 10.6 Å².